The summed E-state index contributed by atoms with van der Waals surface area (Å²) in [4.78, 5) is -0.606. The Morgan fingerprint density at radius 1 is 1.05 bits per heavy atom. The molecule has 0 aliphatic heterocycles. The van der Waals surface area contributed by atoms with Crippen molar-refractivity contribution in [1.82, 2.24) is 0 Å². The smallest absolute Gasteiger partial charge is 0.264 e. The van der Waals surface area contributed by atoms with E-state index in [-0.39, 0.29) is 20.3 Å². The van der Waals surface area contributed by atoms with Crippen LogP contribution in [0.5, 0.6) is 0 Å². The number of anilines is 2. The minimum Gasteiger partial charge on any atom is -0.399 e. The molecule has 0 saturated carbocycles. The summed E-state index contributed by atoms with van der Waals surface area (Å²) in [6.07, 6.45) is 0. The second kappa shape index (κ2) is 5.90. The molecular weight excluding hydrogens is 434 g/mol. The first kappa shape index (κ1) is 16.2. The highest BCUT2D eigenvalue weighted by molar-refractivity contribution is 9.10. The van der Waals surface area contributed by atoms with E-state index in [1.165, 1.54) is 12.1 Å². The monoisotopic (exact) mass is 440 g/mol. The molecule has 2 aromatic carbocycles. The van der Waals surface area contributed by atoms with Crippen molar-refractivity contribution in [1.29, 1.82) is 0 Å². The molecule has 112 valence electrons. The lowest BCUT2D eigenvalue weighted by molar-refractivity contribution is 0.566. The maximum atomic E-state index is 14.0. The zero-order valence-corrected chi connectivity index (χ0v) is 14.2. The van der Waals surface area contributed by atoms with Crippen LogP contribution in [0.2, 0.25) is 0 Å². The fourth-order valence-electron chi connectivity index (χ4n) is 1.55. The molecule has 0 atom stereocenters. The van der Waals surface area contributed by atoms with E-state index < -0.39 is 26.6 Å². The van der Waals surface area contributed by atoms with Gasteiger partial charge in [0.25, 0.3) is 10.0 Å². The highest BCUT2D eigenvalue weighted by atomic mass is 79.9. The minimum atomic E-state index is -4.21. The van der Waals surface area contributed by atoms with E-state index in [1.807, 2.05) is 0 Å². The minimum absolute atomic E-state index is 0.0685. The second-order valence-corrected chi connectivity index (χ2v) is 7.40. The van der Waals surface area contributed by atoms with Crippen molar-refractivity contribution in [3.63, 3.8) is 0 Å². The Labute approximate surface area is 136 Å². The molecule has 0 unspecified atom stereocenters. The molecule has 0 aliphatic rings. The second-order valence-electron chi connectivity index (χ2n) is 4.04. The van der Waals surface area contributed by atoms with Crippen LogP contribution in [0, 0.1) is 11.6 Å². The van der Waals surface area contributed by atoms with Gasteiger partial charge in [0.1, 0.15) is 10.7 Å². The molecular formula is C12H8Br2F2N2O2S. The van der Waals surface area contributed by atoms with Gasteiger partial charge in [-0.25, -0.2) is 17.2 Å². The van der Waals surface area contributed by atoms with Crippen LogP contribution in [0.3, 0.4) is 0 Å². The van der Waals surface area contributed by atoms with Crippen LogP contribution in [-0.4, -0.2) is 8.42 Å². The molecule has 4 nitrogen and oxygen atoms in total. The summed E-state index contributed by atoms with van der Waals surface area (Å²) in [6, 6.07) is 5.63. The Balaban J connectivity index is 2.48. The lowest BCUT2D eigenvalue weighted by Gasteiger charge is -2.12. The predicted octanol–water partition coefficient (Wildman–Crippen LogP) is 3.87. The van der Waals surface area contributed by atoms with Crippen LogP contribution in [-0.2, 0) is 10.0 Å². The van der Waals surface area contributed by atoms with Gasteiger partial charge in [-0.3, -0.25) is 4.72 Å². The van der Waals surface area contributed by atoms with Crippen LogP contribution < -0.4 is 10.5 Å². The normalized spacial score (nSPS) is 11.4. The van der Waals surface area contributed by atoms with E-state index in [4.69, 9.17) is 5.73 Å². The summed E-state index contributed by atoms with van der Waals surface area (Å²) >= 11 is 5.92. The number of hydrogen-bond donors (Lipinski definition) is 2. The lowest BCUT2D eigenvalue weighted by atomic mass is 10.3. The van der Waals surface area contributed by atoms with E-state index in [0.717, 1.165) is 18.2 Å². The lowest BCUT2D eigenvalue weighted by Crippen LogP contribution is -2.15. The molecule has 0 spiro atoms. The Bertz CT molecular complexity index is 813. The third-order valence-corrected chi connectivity index (χ3v) is 5.08. The highest BCUT2D eigenvalue weighted by Gasteiger charge is 2.22. The van der Waals surface area contributed by atoms with E-state index in [0.29, 0.717) is 0 Å². The molecule has 21 heavy (non-hydrogen) atoms. The highest BCUT2D eigenvalue weighted by Crippen LogP contribution is 2.30. The van der Waals surface area contributed by atoms with Gasteiger partial charge in [0, 0.05) is 10.2 Å². The molecule has 0 aliphatic carbocycles. The fraction of sp³-hybridized carbons (Fsp3) is 0. The van der Waals surface area contributed by atoms with Crippen LogP contribution in [0.25, 0.3) is 0 Å². The number of hydrogen-bond acceptors (Lipinski definition) is 3. The third-order valence-electron chi connectivity index (χ3n) is 2.48. The molecule has 0 saturated heterocycles. The Morgan fingerprint density at radius 2 is 1.71 bits per heavy atom. The molecule has 0 radical (unpaired) electrons. The summed E-state index contributed by atoms with van der Waals surface area (Å²) < 4.78 is 53.7. The Morgan fingerprint density at radius 3 is 2.33 bits per heavy atom. The summed E-state index contributed by atoms with van der Waals surface area (Å²) in [6.45, 7) is 0. The number of nitrogens with two attached hydrogens (primary N) is 1. The molecule has 0 fully saturated rings. The first-order chi connectivity index (χ1) is 9.70. The van der Waals surface area contributed by atoms with Crippen molar-refractivity contribution in [2.75, 3.05) is 10.5 Å². The van der Waals surface area contributed by atoms with E-state index in [1.54, 1.807) is 0 Å². The van der Waals surface area contributed by atoms with Crippen molar-refractivity contribution in [3.8, 4) is 0 Å². The number of rotatable bonds is 3. The van der Waals surface area contributed by atoms with Gasteiger partial charge in [-0.1, -0.05) is 0 Å². The molecule has 9 heteroatoms. The maximum Gasteiger partial charge on any atom is 0.264 e. The van der Waals surface area contributed by atoms with Crippen molar-refractivity contribution in [2.24, 2.45) is 0 Å². The number of benzene rings is 2. The fourth-order valence-corrected chi connectivity index (χ4v) is 3.96. The third kappa shape index (κ3) is 3.53. The van der Waals surface area contributed by atoms with E-state index in [2.05, 4.69) is 36.6 Å². The summed E-state index contributed by atoms with van der Waals surface area (Å²) in [5.41, 5.74) is 5.68. The zero-order chi connectivity index (χ0) is 15.8. The van der Waals surface area contributed by atoms with Crippen molar-refractivity contribution < 1.29 is 17.2 Å². The summed E-state index contributed by atoms with van der Waals surface area (Å²) in [5, 5.41) is 0. The molecule has 0 heterocycles. The zero-order valence-electron chi connectivity index (χ0n) is 10.2. The van der Waals surface area contributed by atoms with Gasteiger partial charge in [0.15, 0.2) is 5.82 Å². The summed E-state index contributed by atoms with van der Waals surface area (Å²) in [5.74, 6) is -1.50. The SMILES string of the molecule is Nc1cc(Br)c(F)c(S(=O)(=O)Nc2ccc(F)cc2Br)c1. The van der Waals surface area contributed by atoms with Crippen LogP contribution in [0.15, 0.2) is 44.2 Å². The topological polar surface area (TPSA) is 72.2 Å². The molecule has 3 N–H and O–H groups in total. The Hall–Kier alpha value is -1.19. The van der Waals surface area contributed by atoms with E-state index in [9.17, 15) is 17.2 Å². The van der Waals surface area contributed by atoms with Gasteiger partial charge in [0.05, 0.1) is 10.2 Å². The van der Waals surface area contributed by atoms with Gasteiger partial charge in [-0.2, -0.15) is 0 Å². The van der Waals surface area contributed by atoms with Crippen molar-refractivity contribution >= 4 is 53.3 Å². The van der Waals surface area contributed by atoms with Crippen molar-refractivity contribution in [2.45, 2.75) is 4.90 Å². The molecule has 0 bridgehead atoms. The first-order valence-electron chi connectivity index (χ1n) is 5.43. The molecule has 0 aromatic heterocycles. The van der Waals surface area contributed by atoms with Gasteiger partial charge >= 0.3 is 0 Å². The standard InChI is InChI=1S/C12H8Br2F2N2O2S/c13-8-3-6(15)1-2-10(8)18-21(19,20)11-5-7(17)4-9(14)12(11)16/h1-5,18H,17H2. The largest absolute Gasteiger partial charge is 0.399 e. The van der Waals surface area contributed by atoms with Gasteiger partial charge in [0.2, 0.25) is 0 Å². The molecule has 0 amide bonds. The van der Waals surface area contributed by atoms with Crippen molar-refractivity contribution in [3.05, 3.63) is 50.9 Å². The number of nitrogens with one attached hydrogen (secondary N) is 1. The number of nitrogen functional groups attached to an aromatic ring is 1. The maximum absolute atomic E-state index is 14.0. The van der Waals surface area contributed by atoms with Crippen LogP contribution in [0.4, 0.5) is 20.2 Å². The Kier molecular flexibility index (Phi) is 4.54. The number of sulfonamides is 1. The quantitative estimate of drug-likeness (QED) is 0.710. The molecule has 2 rings (SSSR count). The molecule has 2 aromatic rings. The number of halogens is 4. The van der Waals surface area contributed by atoms with Crippen LogP contribution >= 0.6 is 31.9 Å². The average molecular weight is 442 g/mol. The average Bonchev–Trinajstić information content (AvgIpc) is 2.37. The van der Waals surface area contributed by atoms with Crippen LogP contribution in [0.1, 0.15) is 0 Å². The van der Waals surface area contributed by atoms with Gasteiger partial charge in [-0.15, -0.1) is 0 Å². The van der Waals surface area contributed by atoms with Gasteiger partial charge in [-0.05, 0) is 62.2 Å². The van der Waals surface area contributed by atoms with E-state index >= 15 is 0 Å². The first-order valence-corrected chi connectivity index (χ1v) is 8.50. The van der Waals surface area contributed by atoms with Gasteiger partial charge < -0.3 is 5.73 Å². The predicted molar refractivity (Wildman–Crippen MR) is 83.4 cm³/mol. The summed E-state index contributed by atoms with van der Waals surface area (Å²) in [7, 11) is -4.21.